The fourth-order valence-electron chi connectivity index (χ4n) is 4.44. The van der Waals surface area contributed by atoms with Crippen LogP contribution in [0.3, 0.4) is 0 Å². The van der Waals surface area contributed by atoms with Crippen molar-refractivity contribution in [2.75, 3.05) is 6.54 Å². The summed E-state index contributed by atoms with van der Waals surface area (Å²) < 4.78 is 2.01. The first kappa shape index (κ1) is 18.0. The number of carbonyl (C=O) groups is 2. The van der Waals surface area contributed by atoms with Crippen LogP contribution in [-0.2, 0) is 16.1 Å². The molecule has 2 heterocycles. The van der Waals surface area contributed by atoms with E-state index in [0.717, 1.165) is 63.0 Å². The molecular formula is C19H30N4O2. The van der Waals surface area contributed by atoms with Crippen LogP contribution in [0.1, 0.15) is 56.8 Å². The number of carbonyl (C=O) groups excluding carboxylic acids is 2. The van der Waals surface area contributed by atoms with Gasteiger partial charge in [-0.25, -0.2) is 0 Å². The molecule has 0 aromatic carbocycles. The highest BCUT2D eigenvalue weighted by molar-refractivity contribution is 5.87. The summed E-state index contributed by atoms with van der Waals surface area (Å²) in [5.41, 5.74) is 2.14. The van der Waals surface area contributed by atoms with Gasteiger partial charge in [-0.1, -0.05) is 12.8 Å². The molecule has 138 valence electrons. The highest BCUT2D eigenvalue weighted by Gasteiger charge is 2.38. The first-order valence-corrected chi connectivity index (χ1v) is 9.54. The molecule has 6 heteroatoms. The molecule has 2 atom stereocenters. The standard InChI is InChI=1S/C19H30N4O2/c1-13-11-14(2)23(21-13)12-17-9-6-10-22(17)19(25)18(20-15(3)24)16-7-4-5-8-16/h11,16-18H,4-10,12H2,1-3H3,(H,20,24)/t17-,18-/m0/s1. The lowest BCUT2D eigenvalue weighted by Crippen LogP contribution is -2.53. The monoisotopic (exact) mass is 346 g/mol. The van der Waals surface area contributed by atoms with Crippen molar-refractivity contribution in [3.63, 3.8) is 0 Å². The quantitative estimate of drug-likeness (QED) is 0.889. The molecule has 2 fully saturated rings. The van der Waals surface area contributed by atoms with Gasteiger partial charge in [-0.3, -0.25) is 14.3 Å². The van der Waals surface area contributed by atoms with Crippen molar-refractivity contribution in [2.24, 2.45) is 5.92 Å². The maximum atomic E-state index is 13.2. The molecule has 1 aliphatic heterocycles. The second-order valence-corrected chi connectivity index (χ2v) is 7.66. The normalized spacial score (nSPS) is 22.4. The average molecular weight is 346 g/mol. The third-order valence-corrected chi connectivity index (χ3v) is 5.64. The number of hydrogen-bond acceptors (Lipinski definition) is 3. The minimum Gasteiger partial charge on any atom is -0.344 e. The second-order valence-electron chi connectivity index (χ2n) is 7.66. The first-order chi connectivity index (χ1) is 12.0. The topological polar surface area (TPSA) is 67.2 Å². The SMILES string of the molecule is CC(=O)N[C@H](C(=O)N1CCC[C@H]1Cn1nc(C)cc1C)C1CCCC1. The molecule has 1 N–H and O–H groups in total. The first-order valence-electron chi connectivity index (χ1n) is 9.54. The molecule has 25 heavy (non-hydrogen) atoms. The molecule has 1 aromatic rings. The summed E-state index contributed by atoms with van der Waals surface area (Å²) in [7, 11) is 0. The molecule has 1 aliphatic carbocycles. The fraction of sp³-hybridized carbons (Fsp3) is 0.737. The summed E-state index contributed by atoms with van der Waals surface area (Å²) in [5, 5.41) is 7.49. The van der Waals surface area contributed by atoms with Crippen molar-refractivity contribution in [2.45, 2.75) is 77.9 Å². The molecule has 6 nitrogen and oxygen atoms in total. The van der Waals surface area contributed by atoms with Crippen molar-refractivity contribution in [1.82, 2.24) is 20.0 Å². The molecule has 0 unspecified atom stereocenters. The summed E-state index contributed by atoms with van der Waals surface area (Å²) in [6, 6.07) is 1.88. The molecule has 2 amide bonds. The number of rotatable bonds is 5. The van der Waals surface area contributed by atoms with Crippen molar-refractivity contribution >= 4 is 11.8 Å². The number of amides is 2. The highest BCUT2D eigenvalue weighted by atomic mass is 16.2. The smallest absolute Gasteiger partial charge is 0.245 e. The van der Waals surface area contributed by atoms with E-state index in [-0.39, 0.29) is 29.8 Å². The number of hydrogen-bond donors (Lipinski definition) is 1. The Labute approximate surface area is 149 Å². The van der Waals surface area contributed by atoms with Gasteiger partial charge in [-0.2, -0.15) is 5.10 Å². The molecule has 0 spiro atoms. The molecule has 1 saturated heterocycles. The number of nitrogens with one attached hydrogen (secondary N) is 1. The van der Waals surface area contributed by atoms with Crippen LogP contribution < -0.4 is 5.32 Å². The maximum absolute atomic E-state index is 13.2. The van der Waals surface area contributed by atoms with E-state index in [1.54, 1.807) is 0 Å². The van der Waals surface area contributed by atoms with Crippen LogP contribution >= 0.6 is 0 Å². The van der Waals surface area contributed by atoms with E-state index in [9.17, 15) is 9.59 Å². The number of aryl methyl sites for hydroxylation is 2. The van der Waals surface area contributed by atoms with Crippen LogP contribution in [0.2, 0.25) is 0 Å². The van der Waals surface area contributed by atoms with Crippen LogP contribution in [0.5, 0.6) is 0 Å². The zero-order chi connectivity index (χ0) is 18.0. The number of likely N-dealkylation sites (tertiary alicyclic amines) is 1. The summed E-state index contributed by atoms with van der Waals surface area (Å²) in [4.78, 5) is 26.9. The van der Waals surface area contributed by atoms with Crippen LogP contribution in [0.15, 0.2) is 6.07 Å². The summed E-state index contributed by atoms with van der Waals surface area (Å²) in [6.45, 7) is 7.08. The van der Waals surface area contributed by atoms with E-state index in [2.05, 4.69) is 23.4 Å². The molecule has 2 aliphatic rings. The Morgan fingerprint density at radius 3 is 2.56 bits per heavy atom. The lowest BCUT2D eigenvalue weighted by Gasteiger charge is -2.32. The predicted octanol–water partition coefficient (Wildman–Crippen LogP) is 2.19. The number of nitrogens with zero attached hydrogens (tertiary/aromatic N) is 3. The van der Waals surface area contributed by atoms with Gasteiger partial charge in [0.05, 0.1) is 18.3 Å². The Morgan fingerprint density at radius 2 is 1.96 bits per heavy atom. The zero-order valence-electron chi connectivity index (χ0n) is 15.6. The maximum Gasteiger partial charge on any atom is 0.245 e. The zero-order valence-corrected chi connectivity index (χ0v) is 15.6. The Hall–Kier alpha value is -1.85. The molecule has 3 rings (SSSR count). The van der Waals surface area contributed by atoms with Gasteiger partial charge in [0.25, 0.3) is 0 Å². The van der Waals surface area contributed by atoms with Crippen LogP contribution in [0.4, 0.5) is 0 Å². The third kappa shape index (κ3) is 4.05. The van der Waals surface area contributed by atoms with Gasteiger partial charge < -0.3 is 10.2 Å². The van der Waals surface area contributed by atoms with E-state index in [1.165, 1.54) is 6.92 Å². The van der Waals surface area contributed by atoms with Gasteiger partial charge in [0.1, 0.15) is 6.04 Å². The third-order valence-electron chi connectivity index (χ3n) is 5.64. The van der Waals surface area contributed by atoms with E-state index in [1.807, 2.05) is 16.5 Å². The molecule has 0 bridgehead atoms. The Bertz CT molecular complexity index is 633. The molecule has 0 radical (unpaired) electrons. The van der Waals surface area contributed by atoms with E-state index >= 15 is 0 Å². The van der Waals surface area contributed by atoms with Crippen LogP contribution in [-0.4, -0.2) is 45.1 Å². The van der Waals surface area contributed by atoms with Gasteiger partial charge in [0, 0.05) is 19.2 Å². The minimum atomic E-state index is -0.360. The van der Waals surface area contributed by atoms with Gasteiger partial charge in [0.2, 0.25) is 11.8 Å². The Kier molecular flexibility index (Phi) is 5.45. The summed E-state index contributed by atoms with van der Waals surface area (Å²) >= 11 is 0. The van der Waals surface area contributed by atoms with Crippen molar-refractivity contribution in [3.8, 4) is 0 Å². The van der Waals surface area contributed by atoms with Gasteiger partial charge in [-0.15, -0.1) is 0 Å². The van der Waals surface area contributed by atoms with E-state index in [4.69, 9.17) is 0 Å². The summed E-state index contributed by atoms with van der Waals surface area (Å²) in [5.74, 6) is 0.275. The lowest BCUT2D eigenvalue weighted by molar-refractivity contribution is -0.138. The largest absolute Gasteiger partial charge is 0.344 e. The molecule has 1 saturated carbocycles. The average Bonchev–Trinajstić information content (AvgIpc) is 3.27. The summed E-state index contributed by atoms with van der Waals surface area (Å²) in [6.07, 6.45) is 6.40. The lowest BCUT2D eigenvalue weighted by atomic mass is 9.96. The van der Waals surface area contributed by atoms with E-state index in [0.29, 0.717) is 0 Å². The van der Waals surface area contributed by atoms with Crippen LogP contribution in [0, 0.1) is 19.8 Å². The molecular weight excluding hydrogens is 316 g/mol. The Morgan fingerprint density at radius 1 is 1.24 bits per heavy atom. The van der Waals surface area contributed by atoms with E-state index < -0.39 is 0 Å². The van der Waals surface area contributed by atoms with Gasteiger partial charge in [-0.05, 0) is 51.5 Å². The number of aromatic nitrogens is 2. The van der Waals surface area contributed by atoms with Crippen molar-refractivity contribution in [3.05, 3.63) is 17.5 Å². The molecule has 1 aromatic heterocycles. The fourth-order valence-corrected chi connectivity index (χ4v) is 4.44. The highest BCUT2D eigenvalue weighted by Crippen LogP contribution is 2.30. The van der Waals surface area contributed by atoms with Gasteiger partial charge in [0.15, 0.2) is 0 Å². The van der Waals surface area contributed by atoms with Crippen molar-refractivity contribution in [1.29, 1.82) is 0 Å². The van der Waals surface area contributed by atoms with Crippen LogP contribution in [0.25, 0.3) is 0 Å². The predicted molar refractivity (Wildman–Crippen MR) is 96.0 cm³/mol. The Balaban J connectivity index is 1.73. The van der Waals surface area contributed by atoms with Crippen molar-refractivity contribution < 1.29 is 9.59 Å². The second kappa shape index (κ2) is 7.58. The van der Waals surface area contributed by atoms with Gasteiger partial charge >= 0.3 is 0 Å². The minimum absolute atomic E-state index is 0.103.